The summed E-state index contributed by atoms with van der Waals surface area (Å²) in [7, 11) is 0. The topological polar surface area (TPSA) is 64.3 Å². The number of hydrogen-bond acceptors (Lipinski definition) is 3. The Kier molecular flexibility index (Phi) is 6.02. The molecule has 1 fully saturated rings. The number of carbonyl (C=O) groups excluding carboxylic acids is 1. The fourth-order valence-electron chi connectivity index (χ4n) is 2.33. The summed E-state index contributed by atoms with van der Waals surface area (Å²) in [6.07, 6.45) is 4.19. The molecule has 0 heterocycles. The Morgan fingerprint density at radius 2 is 2.11 bits per heavy atom. The second-order valence-corrected chi connectivity index (χ2v) is 5.56. The van der Waals surface area contributed by atoms with E-state index < -0.39 is 5.54 Å². The molecule has 0 aromatic heterocycles. The molecular formula is C13H24N2O2S. The molecule has 1 aliphatic carbocycles. The van der Waals surface area contributed by atoms with Crippen molar-refractivity contribution in [2.45, 2.75) is 51.5 Å². The van der Waals surface area contributed by atoms with Crippen LogP contribution in [0.15, 0.2) is 0 Å². The Hall–Kier alpha value is -0.680. The predicted octanol–water partition coefficient (Wildman–Crippen LogP) is 1.76. The summed E-state index contributed by atoms with van der Waals surface area (Å²) in [5, 5.41) is 3.03. The smallest absolute Gasteiger partial charge is 0.223 e. The van der Waals surface area contributed by atoms with E-state index in [1.165, 1.54) is 0 Å². The first-order chi connectivity index (χ1) is 8.50. The largest absolute Gasteiger partial charge is 0.391 e. The van der Waals surface area contributed by atoms with Gasteiger partial charge in [0.25, 0.3) is 0 Å². The van der Waals surface area contributed by atoms with E-state index in [1.807, 2.05) is 6.92 Å². The van der Waals surface area contributed by atoms with E-state index >= 15 is 0 Å². The molecule has 1 amide bonds. The van der Waals surface area contributed by atoms with Crippen molar-refractivity contribution in [3.05, 3.63) is 0 Å². The fraction of sp³-hybridized carbons (Fsp3) is 0.846. The second kappa shape index (κ2) is 7.04. The first kappa shape index (κ1) is 15.4. The van der Waals surface area contributed by atoms with Gasteiger partial charge in [0.1, 0.15) is 0 Å². The van der Waals surface area contributed by atoms with Crippen LogP contribution in [0.5, 0.6) is 0 Å². The third-order valence-corrected chi connectivity index (χ3v) is 4.05. The van der Waals surface area contributed by atoms with Crippen LogP contribution in [0, 0.1) is 5.92 Å². The van der Waals surface area contributed by atoms with Gasteiger partial charge in [0.2, 0.25) is 5.91 Å². The van der Waals surface area contributed by atoms with Gasteiger partial charge in [0.05, 0.1) is 17.1 Å². The number of nitrogens with one attached hydrogen (secondary N) is 1. The van der Waals surface area contributed by atoms with Gasteiger partial charge in [-0.15, -0.1) is 0 Å². The molecule has 0 radical (unpaired) electrons. The highest BCUT2D eigenvalue weighted by atomic mass is 32.1. The van der Waals surface area contributed by atoms with Crippen LogP contribution >= 0.6 is 12.2 Å². The van der Waals surface area contributed by atoms with Gasteiger partial charge in [-0.05, 0) is 38.5 Å². The van der Waals surface area contributed by atoms with E-state index in [1.54, 1.807) is 0 Å². The summed E-state index contributed by atoms with van der Waals surface area (Å²) < 4.78 is 5.18. The Morgan fingerprint density at radius 3 is 2.61 bits per heavy atom. The molecule has 0 atom stereocenters. The first-order valence-electron chi connectivity index (χ1n) is 6.69. The lowest BCUT2D eigenvalue weighted by atomic mass is 9.77. The molecule has 1 aliphatic rings. The molecule has 0 aliphatic heterocycles. The van der Waals surface area contributed by atoms with E-state index in [-0.39, 0.29) is 5.91 Å². The number of hydrogen-bond donors (Lipinski definition) is 2. The lowest BCUT2D eigenvalue weighted by Gasteiger charge is -2.39. The van der Waals surface area contributed by atoms with Gasteiger partial charge in [-0.25, -0.2) is 0 Å². The van der Waals surface area contributed by atoms with Crippen molar-refractivity contribution in [1.29, 1.82) is 0 Å². The van der Waals surface area contributed by atoms with Crippen LogP contribution in [-0.2, 0) is 9.53 Å². The third kappa shape index (κ3) is 4.21. The molecule has 1 rings (SSSR count). The third-order valence-electron chi connectivity index (χ3n) is 3.66. The highest BCUT2D eigenvalue weighted by molar-refractivity contribution is 7.80. The van der Waals surface area contributed by atoms with Crippen LogP contribution in [0.25, 0.3) is 0 Å². The normalized spacial score (nSPS) is 27.8. The lowest BCUT2D eigenvalue weighted by Crippen LogP contribution is -2.58. The standard InChI is InChI=1S/C13H24N2O2S/c1-3-17-9-6-11(16)15-13(12(14)18)7-4-10(2)5-8-13/h10H,3-9H2,1-2H3,(H2,14,18)(H,15,16). The minimum atomic E-state index is -0.467. The fourth-order valence-corrected chi connectivity index (χ4v) is 2.58. The van der Waals surface area contributed by atoms with Crippen LogP contribution < -0.4 is 11.1 Å². The van der Waals surface area contributed by atoms with Gasteiger partial charge in [-0.1, -0.05) is 19.1 Å². The number of nitrogens with two attached hydrogens (primary N) is 1. The zero-order chi connectivity index (χ0) is 13.6. The molecule has 104 valence electrons. The number of thiocarbonyl (C=S) groups is 1. The van der Waals surface area contributed by atoms with E-state index in [4.69, 9.17) is 22.7 Å². The van der Waals surface area contributed by atoms with Gasteiger partial charge in [-0.3, -0.25) is 4.79 Å². The molecule has 0 bridgehead atoms. The molecule has 4 nitrogen and oxygen atoms in total. The van der Waals surface area contributed by atoms with Crippen molar-refractivity contribution in [1.82, 2.24) is 5.32 Å². The maximum atomic E-state index is 11.9. The van der Waals surface area contributed by atoms with Gasteiger partial charge < -0.3 is 15.8 Å². The van der Waals surface area contributed by atoms with E-state index in [0.717, 1.165) is 25.7 Å². The molecule has 0 saturated heterocycles. The zero-order valence-electron chi connectivity index (χ0n) is 11.3. The van der Waals surface area contributed by atoms with Crippen molar-refractivity contribution in [3.63, 3.8) is 0 Å². The van der Waals surface area contributed by atoms with Crippen LogP contribution in [0.3, 0.4) is 0 Å². The van der Waals surface area contributed by atoms with E-state index in [2.05, 4.69) is 12.2 Å². The highest BCUT2D eigenvalue weighted by Crippen LogP contribution is 2.32. The monoisotopic (exact) mass is 272 g/mol. The molecule has 1 saturated carbocycles. The predicted molar refractivity (Wildman–Crippen MR) is 76.4 cm³/mol. The van der Waals surface area contributed by atoms with Gasteiger partial charge in [0, 0.05) is 13.0 Å². The van der Waals surface area contributed by atoms with E-state index in [0.29, 0.717) is 30.5 Å². The van der Waals surface area contributed by atoms with Crippen LogP contribution in [0.4, 0.5) is 0 Å². The molecule has 18 heavy (non-hydrogen) atoms. The Morgan fingerprint density at radius 1 is 1.50 bits per heavy atom. The summed E-state index contributed by atoms with van der Waals surface area (Å²) in [5.41, 5.74) is 5.37. The van der Waals surface area contributed by atoms with E-state index in [9.17, 15) is 4.79 Å². The van der Waals surface area contributed by atoms with Crippen molar-refractivity contribution < 1.29 is 9.53 Å². The minimum absolute atomic E-state index is 0.0224. The van der Waals surface area contributed by atoms with Gasteiger partial charge in [0.15, 0.2) is 0 Å². The SMILES string of the molecule is CCOCCC(=O)NC1(C(N)=S)CCC(C)CC1. The van der Waals surface area contributed by atoms with Crippen molar-refractivity contribution in [3.8, 4) is 0 Å². The van der Waals surface area contributed by atoms with Crippen molar-refractivity contribution in [2.75, 3.05) is 13.2 Å². The number of amides is 1. The second-order valence-electron chi connectivity index (χ2n) is 5.12. The summed E-state index contributed by atoms with van der Waals surface area (Å²) >= 11 is 5.15. The molecule has 0 aromatic rings. The molecular weight excluding hydrogens is 248 g/mol. The average molecular weight is 272 g/mol. The maximum Gasteiger partial charge on any atom is 0.223 e. The lowest BCUT2D eigenvalue weighted by molar-refractivity contribution is -0.123. The van der Waals surface area contributed by atoms with Crippen LogP contribution in [-0.4, -0.2) is 29.6 Å². The quantitative estimate of drug-likeness (QED) is 0.571. The van der Waals surface area contributed by atoms with Crippen LogP contribution in [0.2, 0.25) is 0 Å². The molecule has 3 N–H and O–H groups in total. The summed E-state index contributed by atoms with van der Waals surface area (Å²) in [4.78, 5) is 12.3. The van der Waals surface area contributed by atoms with Gasteiger partial charge in [-0.2, -0.15) is 0 Å². The summed E-state index contributed by atoms with van der Waals surface area (Å²) in [6, 6.07) is 0. The van der Waals surface area contributed by atoms with Gasteiger partial charge >= 0.3 is 0 Å². The number of rotatable bonds is 6. The van der Waals surface area contributed by atoms with Crippen LogP contribution in [0.1, 0.15) is 46.0 Å². The Bertz CT molecular complexity index is 299. The number of ether oxygens (including phenoxy) is 1. The summed E-state index contributed by atoms with van der Waals surface area (Å²) in [6.45, 7) is 5.22. The summed E-state index contributed by atoms with van der Waals surface area (Å²) in [5.74, 6) is 0.665. The highest BCUT2D eigenvalue weighted by Gasteiger charge is 2.38. The molecule has 0 aromatic carbocycles. The Balaban J connectivity index is 2.52. The molecule has 0 unspecified atom stereocenters. The average Bonchev–Trinajstić information content (AvgIpc) is 2.32. The minimum Gasteiger partial charge on any atom is -0.391 e. The maximum absolute atomic E-state index is 11.9. The van der Waals surface area contributed by atoms with Crippen molar-refractivity contribution >= 4 is 23.1 Å². The first-order valence-corrected chi connectivity index (χ1v) is 7.09. The molecule has 0 spiro atoms. The Labute approximate surface area is 115 Å². The van der Waals surface area contributed by atoms with Crippen molar-refractivity contribution in [2.24, 2.45) is 11.7 Å². The zero-order valence-corrected chi connectivity index (χ0v) is 12.1. The number of carbonyl (C=O) groups is 1. The molecule has 5 heteroatoms.